The van der Waals surface area contributed by atoms with E-state index in [1.807, 2.05) is 0 Å². The SMILES string of the molecule is CCC1CCC(NCC2(N3CCCCC3)CCCCC2)C1. The standard InChI is InChI=1S/C19H36N2/c1-2-17-9-10-18(15-17)20-16-19(11-5-3-6-12-19)21-13-7-4-8-14-21/h17-18,20H,2-16H2,1H3. The van der Waals surface area contributed by atoms with E-state index in [-0.39, 0.29) is 0 Å². The second-order valence-corrected chi connectivity index (χ2v) is 8.00. The monoisotopic (exact) mass is 292 g/mol. The zero-order chi connectivity index (χ0) is 14.5. The minimum atomic E-state index is 0.517. The maximum absolute atomic E-state index is 4.01. The van der Waals surface area contributed by atoms with Gasteiger partial charge in [0.1, 0.15) is 0 Å². The number of nitrogens with one attached hydrogen (secondary N) is 1. The maximum Gasteiger partial charge on any atom is 0.0334 e. The van der Waals surface area contributed by atoms with Crippen LogP contribution in [0.5, 0.6) is 0 Å². The van der Waals surface area contributed by atoms with Crippen molar-refractivity contribution in [1.82, 2.24) is 10.2 Å². The zero-order valence-corrected chi connectivity index (χ0v) is 14.2. The normalized spacial score (nSPS) is 34.1. The summed E-state index contributed by atoms with van der Waals surface area (Å²) in [5.41, 5.74) is 0.517. The highest BCUT2D eigenvalue weighted by Crippen LogP contribution is 2.36. The highest BCUT2D eigenvalue weighted by molar-refractivity contribution is 4.97. The van der Waals surface area contributed by atoms with Crippen molar-refractivity contribution in [3.05, 3.63) is 0 Å². The van der Waals surface area contributed by atoms with Gasteiger partial charge in [0.05, 0.1) is 0 Å². The molecule has 1 N–H and O–H groups in total. The lowest BCUT2D eigenvalue weighted by Crippen LogP contribution is -2.58. The Morgan fingerprint density at radius 1 is 0.952 bits per heavy atom. The van der Waals surface area contributed by atoms with Gasteiger partial charge in [-0.1, -0.05) is 39.0 Å². The molecule has 21 heavy (non-hydrogen) atoms. The van der Waals surface area contributed by atoms with Crippen LogP contribution in [0, 0.1) is 5.92 Å². The second-order valence-electron chi connectivity index (χ2n) is 8.00. The summed E-state index contributed by atoms with van der Waals surface area (Å²) in [5, 5.41) is 4.01. The lowest BCUT2D eigenvalue weighted by atomic mass is 9.79. The van der Waals surface area contributed by atoms with Gasteiger partial charge >= 0.3 is 0 Å². The fourth-order valence-electron chi connectivity index (χ4n) is 5.15. The number of hydrogen-bond acceptors (Lipinski definition) is 2. The molecule has 0 aromatic carbocycles. The summed E-state index contributed by atoms with van der Waals surface area (Å²) >= 11 is 0. The predicted molar refractivity (Wildman–Crippen MR) is 90.7 cm³/mol. The van der Waals surface area contributed by atoms with Crippen molar-refractivity contribution in [1.29, 1.82) is 0 Å². The largest absolute Gasteiger partial charge is 0.312 e. The Hall–Kier alpha value is -0.0800. The molecule has 3 aliphatic rings. The maximum atomic E-state index is 4.01. The average molecular weight is 293 g/mol. The first kappa shape index (κ1) is 15.8. The predicted octanol–water partition coefficient (Wildman–Crippen LogP) is 4.34. The average Bonchev–Trinajstić information content (AvgIpc) is 3.03. The highest BCUT2D eigenvalue weighted by atomic mass is 15.2. The third-order valence-corrected chi connectivity index (χ3v) is 6.65. The fraction of sp³-hybridized carbons (Fsp3) is 1.00. The molecule has 2 nitrogen and oxygen atoms in total. The highest BCUT2D eigenvalue weighted by Gasteiger charge is 2.38. The molecular formula is C19H36N2. The molecule has 2 unspecified atom stereocenters. The van der Waals surface area contributed by atoms with Gasteiger partial charge in [-0.05, 0) is 64.0 Å². The van der Waals surface area contributed by atoms with Gasteiger partial charge in [0.15, 0.2) is 0 Å². The third kappa shape index (κ3) is 3.82. The third-order valence-electron chi connectivity index (χ3n) is 6.65. The molecule has 0 spiro atoms. The van der Waals surface area contributed by atoms with Crippen molar-refractivity contribution in [3.8, 4) is 0 Å². The van der Waals surface area contributed by atoms with Crippen LogP contribution in [0.3, 0.4) is 0 Å². The number of piperidine rings is 1. The van der Waals surface area contributed by atoms with Crippen molar-refractivity contribution in [3.63, 3.8) is 0 Å². The van der Waals surface area contributed by atoms with Crippen LogP contribution in [-0.4, -0.2) is 36.1 Å². The molecule has 1 saturated heterocycles. The van der Waals surface area contributed by atoms with Crippen molar-refractivity contribution < 1.29 is 0 Å². The molecule has 1 heterocycles. The Bertz CT molecular complexity index is 303. The van der Waals surface area contributed by atoms with Crippen LogP contribution >= 0.6 is 0 Å². The number of likely N-dealkylation sites (tertiary alicyclic amines) is 1. The van der Waals surface area contributed by atoms with Crippen LogP contribution in [0.1, 0.15) is 84.0 Å². The molecule has 2 aliphatic carbocycles. The number of rotatable bonds is 5. The van der Waals surface area contributed by atoms with Gasteiger partial charge in [0, 0.05) is 18.1 Å². The fourth-order valence-corrected chi connectivity index (χ4v) is 5.15. The van der Waals surface area contributed by atoms with Crippen LogP contribution in [0.25, 0.3) is 0 Å². The summed E-state index contributed by atoms with van der Waals surface area (Å²) < 4.78 is 0. The summed E-state index contributed by atoms with van der Waals surface area (Å²) in [4.78, 5) is 2.88. The van der Waals surface area contributed by atoms with Gasteiger partial charge in [-0.15, -0.1) is 0 Å². The van der Waals surface area contributed by atoms with E-state index in [2.05, 4.69) is 17.1 Å². The van der Waals surface area contributed by atoms with Gasteiger partial charge in [0.2, 0.25) is 0 Å². The van der Waals surface area contributed by atoms with Crippen LogP contribution in [0.15, 0.2) is 0 Å². The summed E-state index contributed by atoms with van der Waals surface area (Å²) in [7, 11) is 0. The van der Waals surface area contributed by atoms with E-state index in [0.29, 0.717) is 5.54 Å². The topological polar surface area (TPSA) is 15.3 Å². The van der Waals surface area contributed by atoms with Gasteiger partial charge in [-0.3, -0.25) is 4.90 Å². The van der Waals surface area contributed by atoms with E-state index in [1.54, 1.807) is 0 Å². The molecule has 0 bridgehead atoms. The van der Waals surface area contributed by atoms with Gasteiger partial charge in [-0.25, -0.2) is 0 Å². The molecule has 0 radical (unpaired) electrons. The summed E-state index contributed by atoms with van der Waals surface area (Å²) in [6, 6.07) is 0.818. The van der Waals surface area contributed by atoms with Crippen LogP contribution < -0.4 is 5.32 Å². The van der Waals surface area contributed by atoms with E-state index in [0.717, 1.165) is 12.0 Å². The Kier molecular flexibility index (Phi) is 5.61. The molecule has 2 heteroatoms. The Morgan fingerprint density at radius 3 is 2.33 bits per heavy atom. The zero-order valence-electron chi connectivity index (χ0n) is 14.2. The summed E-state index contributed by atoms with van der Waals surface area (Å²) in [6.45, 7) is 6.37. The van der Waals surface area contributed by atoms with Crippen molar-refractivity contribution in [2.45, 2.75) is 95.6 Å². The summed E-state index contributed by atoms with van der Waals surface area (Å²) in [6.07, 6.45) is 17.3. The van der Waals surface area contributed by atoms with Gasteiger partial charge in [-0.2, -0.15) is 0 Å². The molecule has 2 atom stereocenters. The first-order chi connectivity index (χ1) is 10.3. The Labute approximate surface area is 132 Å². The molecule has 3 fully saturated rings. The van der Waals surface area contributed by atoms with E-state index in [1.165, 1.54) is 96.7 Å². The van der Waals surface area contributed by atoms with Crippen LogP contribution in [0.2, 0.25) is 0 Å². The van der Waals surface area contributed by atoms with E-state index >= 15 is 0 Å². The van der Waals surface area contributed by atoms with E-state index in [9.17, 15) is 0 Å². The Balaban J connectivity index is 1.57. The lowest BCUT2D eigenvalue weighted by molar-refractivity contribution is 0.0314. The number of hydrogen-bond donors (Lipinski definition) is 1. The van der Waals surface area contributed by atoms with E-state index in [4.69, 9.17) is 0 Å². The lowest BCUT2D eigenvalue weighted by Gasteiger charge is -2.49. The number of nitrogens with zero attached hydrogens (tertiary/aromatic N) is 1. The van der Waals surface area contributed by atoms with Crippen molar-refractivity contribution in [2.24, 2.45) is 5.92 Å². The second kappa shape index (κ2) is 7.46. The van der Waals surface area contributed by atoms with Crippen molar-refractivity contribution >= 4 is 0 Å². The molecule has 2 saturated carbocycles. The molecule has 0 aromatic rings. The first-order valence-corrected chi connectivity index (χ1v) is 9.81. The Morgan fingerprint density at radius 2 is 1.67 bits per heavy atom. The van der Waals surface area contributed by atoms with Crippen LogP contribution in [0.4, 0.5) is 0 Å². The molecule has 0 amide bonds. The van der Waals surface area contributed by atoms with Gasteiger partial charge < -0.3 is 5.32 Å². The first-order valence-electron chi connectivity index (χ1n) is 9.81. The quantitative estimate of drug-likeness (QED) is 0.810. The molecule has 0 aromatic heterocycles. The minimum Gasteiger partial charge on any atom is -0.312 e. The van der Waals surface area contributed by atoms with Gasteiger partial charge in [0.25, 0.3) is 0 Å². The van der Waals surface area contributed by atoms with Crippen LogP contribution in [-0.2, 0) is 0 Å². The van der Waals surface area contributed by atoms with Crippen molar-refractivity contribution in [2.75, 3.05) is 19.6 Å². The molecular weight excluding hydrogens is 256 g/mol. The molecule has 3 rings (SSSR count). The molecule has 1 aliphatic heterocycles. The minimum absolute atomic E-state index is 0.517. The summed E-state index contributed by atoms with van der Waals surface area (Å²) in [5.74, 6) is 1.000. The molecule has 122 valence electrons. The smallest absolute Gasteiger partial charge is 0.0334 e. The van der Waals surface area contributed by atoms with E-state index < -0.39 is 0 Å².